The van der Waals surface area contributed by atoms with E-state index < -0.39 is 12.6 Å². The summed E-state index contributed by atoms with van der Waals surface area (Å²) >= 11 is 0. The van der Waals surface area contributed by atoms with Crippen LogP contribution in [0.4, 0.5) is 0 Å². The van der Waals surface area contributed by atoms with Gasteiger partial charge in [0, 0.05) is 21.6 Å². The molecular formula is C11H16NO6P. The van der Waals surface area contributed by atoms with E-state index in [1.807, 2.05) is 0 Å². The second-order valence-corrected chi connectivity index (χ2v) is 3.66. The van der Waals surface area contributed by atoms with Crippen LogP contribution in [0.5, 0.6) is 17.2 Å². The quantitative estimate of drug-likeness (QED) is 0.545. The molecule has 0 aliphatic rings. The largest absolute Gasteiger partial charge is 0.496 e. The van der Waals surface area contributed by atoms with Gasteiger partial charge in [-0.3, -0.25) is 4.62 Å². The highest BCUT2D eigenvalue weighted by atomic mass is 31.0. The van der Waals surface area contributed by atoms with Gasteiger partial charge in [0.2, 0.25) is 0 Å². The summed E-state index contributed by atoms with van der Waals surface area (Å²) in [4.78, 5) is 10.5. The molecule has 0 spiro atoms. The molecule has 0 heterocycles. The van der Waals surface area contributed by atoms with Gasteiger partial charge >= 0.3 is 5.97 Å². The van der Waals surface area contributed by atoms with Gasteiger partial charge < -0.3 is 19.3 Å². The van der Waals surface area contributed by atoms with Crippen molar-refractivity contribution in [3.05, 3.63) is 17.7 Å². The number of carbonyl (C=O) groups is 1. The average Bonchev–Trinajstić information content (AvgIpc) is 2.42. The topological polar surface area (TPSA) is 86.3 Å². The van der Waals surface area contributed by atoms with Crippen LogP contribution in [-0.2, 0) is 16.0 Å². The number of carboxylic acid groups (broad SMARTS) is 1. The summed E-state index contributed by atoms with van der Waals surface area (Å²) < 4.78 is 20.2. The molecule has 0 saturated heterocycles. The smallest absolute Gasteiger partial charge is 0.341 e. The summed E-state index contributed by atoms with van der Waals surface area (Å²) in [6.07, 6.45) is 0. The zero-order valence-electron chi connectivity index (χ0n) is 10.6. The number of aliphatic carboxylic acids is 1. The summed E-state index contributed by atoms with van der Waals surface area (Å²) in [7, 11) is 5.07. The number of ether oxygens (including phenoxy) is 3. The normalized spacial score (nSPS) is 10.1. The van der Waals surface area contributed by atoms with Crippen molar-refractivity contribution in [2.45, 2.75) is 6.54 Å². The van der Waals surface area contributed by atoms with Gasteiger partial charge in [0.1, 0.15) is 17.2 Å². The minimum absolute atomic E-state index is 0.353. The van der Waals surface area contributed by atoms with E-state index in [1.54, 1.807) is 12.1 Å². The Balaban J connectivity index is 3.01. The Morgan fingerprint density at radius 1 is 1.32 bits per heavy atom. The number of hydroxylamine groups is 1. The molecule has 106 valence electrons. The number of benzene rings is 1. The molecular weight excluding hydrogens is 273 g/mol. The zero-order valence-corrected chi connectivity index (χ0v) is 11.8. The van der Waals surface area contributed by atoms with E-state index in [2.05, 4.69) is 14.9 Å². The van der Waals surface area contributed by atoms with Crippen LogP contribution in [0.2, 0.25) is 0 Å². The van der Waals surface area contributed by atoms with Crippen molar-refractivity contribution in [2.24, 2.45) is 0 Å². The van der Waals surface area contributed by atoms with Crippen LogP contribution in [-0.4, -0.2) is 31.9 Å². The van der Waals surface area contributed by atoms with E-state index in [-0.39, 0.29) is 0 Å². The van der Waals surface area contributed by atoms with E-state index in [0.717, 1.165) is 5.56 Å². The van der Waals surface area contributed by atoms with Crippen molar-refractivity contribution in [1.29, 1.82) is 0 Å². The Bertz CT molecular complexity index is 414. The second-order valence-electron chi connectivity index (χ2n) is 3.43. The van der Waals surface area contributed by atoms with Gasteiger partial charge in [0.15, 0.2) is 6.61 Å². The fourth-order valence-corrected chi connectivity index (χ4v) is 1.56. The van der Waals surface area contributed by atoms with Crippen LogP contribution in [0.25, 0.3) is 0 Å². The lowest BCUT2D eigenvalue weighted by Crippen LogP contribution is -2.12. The van der Waals surface area contributed by atoms with Gasteiger partial charge in [-0.2, -0.15) is 5.48 Å². The maximum absolute atomic E-state index is 10.5. The van der Waals surface area contributed by atoms with Gasteiger partial charge in [0.25, 0.3) is 0 Å². The molecule has 0 bridgehead atoms. The summed E-state index contributed by atoms with van der Waals surface area (Å²) in [6, 6.07) is 3.18. The predicted octanol–water partition coefficient (Wildman–Crippen LogP) is 0.978. The molecule has 0 aliphatic carbocycles. The molecule has 0 amide bonds. The molecule has 0 radical (unpaired) electrons. The molecule has 19 heavy (non-hydrogen) atoms. The lowest BCUT2D eigenvalue weighted by Gasteiger charge is -2.15. The van der Waals surface area contributed by atoms with Crippen molar-refractivity contribution in [3.63, 3.8) is 0 Å². The molecule has 0 aromatic heterocycles. The van der Waals surface area contributed by atoms with Crippen molar-refractivity contribution in [1.82, 2.24) is 5.48 Å². The van der Waals surface area contributed by atoms with Crippen molar-refractivity contribution in [3.8, 4) is 17.2 Å². The molecule has 1 rings (SSSR count). The Kier molecular flexibility index (Phi) is 6.35. The first kappa shape index (κ1) is 15.5. The van der Waals surface area contributed by atoms with Crippen LogP contribution in [0.15, 0.2) is 12.1 Å². The molecule has 7 nitrogen and oxygen atoms in total. The number of methoxy groups -OCH3 is 2. The van der Waals surface area contributed by atoms with Crippen molar-refractivity contribution >= 4 is 15.4 Å². The molecule has 0 aliphatic heterocycles. The molecule has 1 aromatic carbocycles. The summed E-state index contributed by atoms with van der Waals surface area (Å²) in [5.74, 6) is 0.315. The Morgan fingerprint density at radius 2 is 1.89 bits per heavy atom. The number of carboxylic acids is 1. The highest BCUT2D eigenvalue weighted by Crippen LogP contribution is 2.34. The SMILES string of the molecule is COc1cc(OCC(=O)O)cc(OC)c1CNOP. The number of hydrogen-bond donors (Lipinski definition) is 2. The van der Waals surface area contributed by atoms with Gasteiger partial charge in [-0.05, 0) is 0 Å². The first-order valence-electron chi connectivity index (χ1n) is 5.30. The van der Waals surface area contributed by atoms with Crippen molar-refractivity contribution in [2.75, 3.05) is 20.8 Å². The van der Waals surface area contributed by atoms with E-state index in [1.165, 1.54) is 14.2 Å². The number of rotatable bonds is 8. The van der Waals surface area contributed by atoms with Crippen LogP contribution in [0.1, 0.15) is 5.56 Å². The Morgan fingerprint density at radius 3 is 2.32 bits per heavy atom. The lowest BCUT2D eigenvalue weighted by atomic mass is 10.1. The van der Waals surface area contributed by atoms with Crippen LogP contribution < -0.4 is 19.7 Å². The minimum Gasteiger partial charge on any atom is -0.496 e. The van der Waals surface area contributed by atoms with Gasteiger partial charge in [-0.1, -0.05) is 0 Å². The van der Waals surface area contributed by atoms with Gasteiger partial charge in [-0.15, -0.1) is 0 Å². The monoisotopic (exact) mass is 289 g/mol. The standard InChI is InChI=1S/C11H16NO6P/c1-15-9-3-7(17-6-11(13)14)4-10(16-2)8(9)5-12-18-19/h3-4,12H,5-6,19H2,1-2H3,(H,13,14). The molecule has 0 fully saturated rings. The number of hydrogen-bond acceptors (Lipinski definition) is 6. The van der Waals surface area contributed by atoms with E-state index in [4.69, 9.17) is 23.9 Å². The van der Waals surface area contributed by atoms with Crippen molar-refractivity contribution < 1.29 is 28.7 Å². The molecule has 1 atom stereocenters. The van der Waals surface area contributed by atoms with E-state index >= 15 is 0 Å². The highest BCUT2D eigenvalue weighted by molar-refractivity contribution is 7.09. The Labute approximate surface area is 113 Å². The molecule has 1 aromatic rings. The first-order chi connectivity index (χ1) is 9.12. The third kappa shape index (κ3) is 4.55. The summed E-state index contributed by atoms with van der Waals surface area (Å²) in [5.41, 5.74) is 3.38. The molecule has 0 saturated carbocycles. The maximum Gasteiger partial charge on any atom is 0.341 e. The Hall–Kier alpha value is -1.56. The maximum atomic E-state index is 10.5. The van der Waals surface area contributed by atoms with E-state index in [9.17, 15) is 4.79 Å². The van der Waals surface area contributed by atoms with Crippen LogP contribution in [0, 0.1) is 0 Å². The van der Waals surface area contributed by atoms with Gasteiger partial charge in [-0.25, -0.2) is 4.79 Å². The third-order valence-electron chi connectivity index (χ3n) is 2.28. The third-order valence-corrected chi connectivity index (χ3v) is 2.44. The minimum atomic E-state index is -1.06. The lowest BCUT2D eigenvalue weighted by molar-refractivity contribution is -0.139. The fourth-order valence-electron chi connectivity index (χ4n) is 1.48. The van der Waals surface area contributed by atoms with Crippen LogP contribution >= 0.6 is 9.47 Å². The molecule has 8 heteroatoms. The molecule has 1 unspecified atom stereocenters. The summed E-state index contributed by atoms with van der Waals surface area (Å²) in [6.45, 7) is -0.0757. The summed E-state index contributed by atoms with van der Waals surface area (Å²) in [5, 5.41) is 8.58. The first-order valence-corrected chi connectivity index (χ1v) is 5.77. The highest BCUT2D eigenvalue weighted by Gasteiger charge is 2.13. The number of nitrogens with one attached hydrogen (secondary N) is 1. The van der Waals surface area contributed by atoms with Gasteiger partial charge in [0.05, 0.1) is 26.3 Å². The zero-order chi connectivity index (χ0) is 14.3. The van der Waals surface area contributed by atoms with E-state index in [0.29, 0.717) is 23.8 Å². The van der Waals surface area contributed by atoms with Crippen LogP contribution in [0.3, 0.4) is 0 Å². The molecule has 2 N–H and O–H groups in total. The average molecular weight is 289 g/mol. The predicted molar refractivity (Wildman–Crippen MR) is 70.3 cm³/mol. The second kappa shape index (κ2) is 7.78. The fraction of sp³-hybridized carbons (Fsp3) is 0.364.